The Morgan fingerprint density at radius 3 is 2.47 bits per heavy atom. The van der Waals surface area contributed by atoms with Crippen molar-refractivity contribution >= 4 is 5.69 Å². The minimum Gasteiger partial charge on any atom is -0.369 e. The van der Waals surface area contributed by atoms with E-state index >= 15 is 0 Å². The van der Waals surface area contributed by atoms with Crippen LogP contribution in [0.1, 0.15) is 46.1 Å². The van der Waals surface area contributed by atoms with Gasteiger partial charge in [-0.1, -0.05) is 13.8 Å². The van der Waals surface area contributed by atoms with Crippen LogP contribution in [0.25, 0.3) is 0 Å². The van der Waals surface area contributed by atoms with E-state index in [1.807, 2.05) is 6.07 Å². The van der Waals surface area contributed by atoms with Gasteiger partial charge in [0.15, 0.2) is 0 Å². The lowest BCUT2D eigenvalue weighted by Crippen LogP contribution is -2.41. The van der Waals surface area contributed by atoms with Crippen molar-refractivity contribution in [3.05, 3.63) is 29.6 Å². The predicted octanol–water partition coefficient (Wildman–Crippen LogP) is 3.73. The first-order chi connectivity index (χ1) is 8.81. The highest BCUT2D eigenvalue weighted by atomic mass is 19.1. The predicted molar refractivity (Wildman–Crippen MR) is 81.1 cm³/mol. The molecule has 19 heavy (non-hydrogen) atoms. The number of nitrogens with two attached hydrogens (primary N) is 1. The third-order valence-electron chi connectivity index (χ3n) is 4.18. The molecule has 0 aliphatic rings. The molecule has 1 rings (SSSR count). The van der Waals surface area contributed by atoms with Crippen LogP contribution in [-0.2, 0) is 6.42 Å². The summed E-state index contributed by atoms with van der Waals surface area (Å²) in [7, 11) is 2.07. The Hall–Kier alpha value is -1.09. The molecule has 2 N–H and O–H groups in total. The molecule has 0 spiro atoms. The maximum absolute atomic E-state index is 13.5. The molecular formula is C16H27FN2. The zero-order chi connectivity index (χ0) is 14.6. The lowest BCUT2D eigenvalue weighted by atomic mass is 9.96. The van der Waals surface area contributed by atoms with Crippen LogP contribution in [0.4, 0.5) is 10.1 Å². The molecule has 3 heteroatoms. The van der Waals surface area contributed by atoms with Gasteiger partial charge >= 0.3 is 0 Å². The minimum atomic E-state index is -0.190. The Balaban J connectivity index is 3.12. The number of hydrogen-bond donors (Lipinski definition) is 1. The van der Waals surface area contributed by atoms with Crippen LogP contribution in [0.2, 0.25) is 0 Å². The van der Waals surface area contributed by atoms with Crippen molar-refractivity contribution in [1.82, 2.24) is 0 Å². The number of halogens is 1. The fourth-order valence-electron chi connectivity index (χ4n) is 2.03. The Morgan fingerprint density at radius 2 is 1.95 bits per heavy atom. The van der Waals surface area contributed by atoms with Crippen LogP contribution >= 0.6 is 0 Å². The first-order valence-corrected chi connectivity index (χ1v) is 7.09. The van der Waals surface area contributed by atoms with Gasteiger partial charge in [0.25, 0.3) is 0 Å². The normalized spacial score (nSPS) is 13.4. The summed E-state index contributed by atoms with van der Waals surface area (Å²) in [5, 5.41) is 0. The maximum Gasteiger partial charge on any atom is 0.123 e. The molecule has 1 atom stereocenters. The van der Waals surface area contributed by atoms with Crippen molar-refractivity contribution in [2.24, 2.45) is 5.73 Å². The van der Waals surface area contributed by atoms with Gasteiger partial charge in [0, 0.05) is 24.3 Å². The average Bonchev–Trinajstić information content (AvgIpc) is 2.38. The minimum absolute atomic E-state index is 0.0445. The molecule has 108 valence electrons. The molecule has 0 saturated carbocycles. The lowest BCUT2D eigenvalue weighted by molar-refractivity contribution is 0.468. The Morgan fingerprint density at radius 1 is 1.32 bits per heavy atom. The molecule has 0 saturated heterocycles. The molecular weight excluding hydrogens is 239 g/mol. The fourth-order valence-corrected chi connectivity index (χ4v) is 2.03. The van der Waals surface area contributed by atoms with Crippen molar-refractivity contribution in [2.45, 2.75) is 58.5 Å². The number of anilines is 1. The van der Waals surface area contributed by atoms with Crippen LogP contribution in [-0.4, -0.2) is 18.6 Å². The molecule has 2 nitrogen and oxygen atoms in total. The van der Waals surface area contributed by atoms with Crippen molar-refractivity contribution in [3.8, 4) is 0 Å². The Bertz CT molecular complexity index is 415. The first-order valence-electron chi connectivity index (χ1n) is 7.09. The molecule has 0 heterocycles. The van der Waals surface area contributed by atoms with Crippen molar-refractivity contribution in [1.29, 1.82) is 0 Å². The van der Waals surface area contributed by atoms with Crippen molar-refractivity contribution in [2.75, 3.05) is 11.9 Å². The van der Waals surface area contributed by atoms with E-state index in [1.54, 1.807) is 6.07 Å². The van der Waals surface area contributed by atoms with E-state index in [-0.39, 0.29) is 17.4 Å². The fraction of sp³-hybridized carbons (Fsp3) is 0.625. The van der Waals surface area contributed by atoms with Crippen LogP contribution in [0.3, 0.4) is 0 Å². The van der Waals surface area contributed by atoms with E-state index in [0.717, 1.165) is 24.1 Å². The number of nitrogens with zero attached hydrogens (tertiary/aromatic N) is 1. The van der Waals surface area contributed by atoms with Gasteiger partial charge in [-0.25, -0.2) is 4.39 Å². The van der Waals surface area contributed by atoms with Gasteiger partial charge in [0.05, 0.1) is 0 Å². The molecule has 0 aromatic heterocycles. The second kappa shape index (κ2) is 6.38. The van der Waals surface area contributed by atoms with Crippen LogP contribution in [0.15, 0.2) is 18.2 Å². The third-order valence-corrected chi connectivity index (χ3v) is 4.18. The van der Waals surface area contributed by atoms with E-state index < -0.39 is 0 Å². The molecule has 1 aromatic rings. The molecule has 1 aromatic carbocycles. The number of rotatable bonds is 6. The van der Waals surface area contributed by atoms with Crippen molar-refractivity contribution in [3.63, 3.8) is 0 Å². The Kier molecular flexibility index (Phi) is 5.36. The van der Waals surface area contributed by atoms with E-state index in [2.05, 4.69) is 39.6 Å². The number of benzene rings is 1. The summed E-state index contributed by atoms with van der Waals surface area (Å²) in [6, 6.07) is 5.09. The largest absolute Gasteiger partial charge is 0.369 e. The van der Waals surface area contributed by atoms with Gasteiger partial charge in [0.1, 0.15) is 5.82 Å². The molecule has 0 aliphatic heterocycles. The van der Waals surface area contributed by atoms with Crippen LogP contribution in [0.5, 0.6) is 0 Å². The summed E-state index contributed by atoms with van der Waals surface area (Å²) in [6.07, 6.45) is 2.64. The monoisotopic (exact) mass is 266 g/mol. The summed E-state index contributed by atoms with van der Waals surface area (Å²) in [5.41, 5.74) is 8.15. The van der Waals surface area contributed by atoms with Gasteiger partial charge < -0.3 is 10.6 Å². The average molecular weight is 266 g/mol. The summed E-state index contributed by atoms with van der Waals surface area (Å²) in [5.74, 6) is -0.190. The van der Waals surface area contributed by atoms with E-state index in [0.29, 0.717) is 6.42 Å². The summed E-state index contributed by atoms with van der Waals surface area (Å²) in [6.45, 7) is 8.61. The second-order valence-electron chi connectivity index (χ2n) is 5.87. The summed E-state index contributed by atoms with van der Waals surface area (Å²) < 4.78 is 13.5. The lowest BCUT2D eigenvalue weighted by Gasteiger charge is -2.38. The first kappa shape index (κ1) is 16.0. The van der Waals surface area contributed by atoms with Crippen LogP contribution in [0, 0.1) is 5.82 Å². The molecule has 0 fully saturated rings. The zero-order valence-corrected chi connectivity index (χ0v) is 12.8. The van der Waals surface area contributed by atoms with Gasteiger partial charge in [-0.05, 0) is 56.9 Å². The standard InChI is InChI=1S/C16H27FN2/c1-6-14(18)11-12-10-13(17)8-9-15(12)19(5)16(3,4)7-2/h8-10,14H,6-7,11,18H2,1-5H3. The molecule has 0 bridgehead atoms. The zero-order valence-electron chi connectivity index (χ0n) is 12.8. The Labute approximate surface area is 116 Å². The highest BCUT2D eigenvalue weighted by Gasteiger charge is 2.23. The van der Waals surface area contributed by atoms with Crippen molar-refractivity contribution < 1.29 is 4.39 Å². The highest BCUT2D eigenvalue weighted by Crippen LogP contribution is 2.29. The third kappa shape index (κ3) is 3.93. The van der Waals surface area contributed by atoms with Gasteiger partial charge in [0.2, 0.25) is 0 Å². The number of hydrogen-bond acceptors (Lipinski definition) is 2. The summed E-state index contributed by atoms with van der Waals surface area (Å²) in [4.78, 5) is 2.23. The SMILES string of the molecule is CCC(N)Cc1cc(F)ccc1N(C)C(C)(C)CC. The smallest absolute Gasteiger partial charge is 0.123 e. The second-order valence-corrected chi connectivity index (χ2v) is 5.87. The van der Waals surface area contributed by atoms with Gasteiger partial charge in [-0.3, -0.25) is 0 Å². The van der Waals surface area contributed by atoms with E-state index in [4.69, 9.17) is 5.73 Å². The van der Waals surface area contributed by atoms with Gasteiger partial charge in [-0.15, -0.1) is 0 Å². The highest BCUT2D eigenvalue weighted by molar-refractivity contribution is 5.55. The summed E-state index contributed by atoms with van der Waals surface area (Å²) >= 11 is 0. The van der Waals surface area contributed by atoms with E-state index in [1.165, 1.54) is 6.07 Å². The molecule has 0 radical (unpaired) electrons. The van der Waals surface area contributed by atoms with Crippen LogP contribution < -0.4 is 10.6 Å². The quantitative estimate of drug-likeness (QED) is 0.850. The molecule has 0 amide bonds. The van der Waals surface area contributed by atoms with Gasteiger partial charge in [-0.2, -0.15) is 0 Å². The van der Waals surface area contributed by atoms with E-state index in [9.17, 15) is 4.39 Å². The molecule has 0 aliphatic carbocycles. The molecule has 1 unspecified atom stereocenters. The maximum atomic E-state index is 13.5. The topological polar surface area (TPSA) is 29.3 Å².